The molecule has 1 unspecified atom stereocenters. The molecule has 0 aliphatic carbocycles. The first-order valence-corrected chi connectivity index (χ1v) is 11.8. The summed E-state index contributed by atoms with van der Waals surface area (Å²) < 4.78 is 7.22. The van der Waals surface area contributed by atoms with E-state index in [1.807, 2.05) is 53.6 Å². The van der Waals surface area contributed by atoms with E-state index in [0.29, 0.717) is 38.5 Å². The lowest BCUT2D eigenvalue weighted by Crippen LogP contribution is -2.51. The normalized spacial score (nSPS) is 18.3. The number of hydrogen-bond acceptors (Lipinski definition) is 7. The minimum Gasteiger partial charge on any atom is -0.497 e. The average molecular weight is 476 g/mol. The van der Waals surface area contributed by atoms with Crippen molar-refractivity contribution < 1.29 is 14.3 Å². The monoisotopic (exact) mass is 475 g/mol. The van der Waals surface area contributed by atoms with Crippen molar-refractivity contribution >= 4 is 23.3 Å². The summed E-state index contributed by atoms with van der Waals surface area (Å²) in [6.07, 6.45) is 3.56. The third-order valence-corrected chi connectivity index (χ3v) is 6.89. The lowest BCUT2D eigenvalue weighted by atomic mass is 10.1. The van der Waals surface area contributed by atoms with E-state index >= 15 is 0 Å². The summed E-state index contributed by atoms with van der Waals surface area (Å²) in [5, 5.41) is 0. The zero-order valence-electron chi connectivity index (χ0n) is 20.2. The first-order chi connectivity index (χ1) is 16.9. The number of piperazine rings is 1. The number of imidazole rings is 1. The second-order valence-corrected chi connectivity index (χ2v) is 8.94. The van der Waals surface area contributed by atoms with Crippen molar-refractivity contribution in [1.29, 1.82) is 0 Å². The van der Waals surface area contributed by atoms with Gasteiger partial charge in [-0.1, -0.05) is 6.07 Å². The van der Waals surface area contributed by atoms with Crippen molar-refractivity contribution in [2.75, 3.05) is 49.6 Å². The highest BCUT2D eigenvalue weighted by Crippen LogP contribution is 2.29. The molecule has 2 aliphatic heterocycles. The van der Waals surface area contributed by atoms with Crippen LogP contribution < -0.4 is 14.5 Å². The largest absolute Gasteiger partial charge is 0.497 e. The predicted octanol–water partition coefficient (Wildman–Crippen LogP) is 1.99. The SMILES string of the molecule is COc1cccc(N2CC(C(=O)N3CCN(c4cc(-n5cnc(C)c5C)ncn4)CC3)CC2=O)c1. The highest BCUT2D eigenvalue weighted by Gasteiger charge is 2.38. The van der Waals surface area contributed by atoms with Gasteiger partial charge >= 0.3 is 0 Å². The fraction of sp³-hybridized carbons (Fsp3) is 0.400. The molecule has 5 rings (SSSR count). The number of carbonyl (C=O) groups excluding carboxylic acids is 2. The number of hydrogen-bond donors (Lipinski definition) is 0. The molecule has 2 amide bonds. The smallest absolute Gasteiger partial charge is 0.228 e. The number of amides is 2. The van der Waals surface area contributed by atoms with Gasteiger partial charge in [0.1, 0.15) is 30.0 Å². The van der Waals surface area contributed by atoms with Crippen LogP contribution in [0.15, 0.2) is 43.0 Å². The Kier molecular flexibility index (Phi) is 6.10. The maximum absolute atomic E-state index is 13.2. The predicted molar refractivity (Wildman–Crippen MR) is 131 cm³/mol. The van der Waals surface area contributed by atoms with Gasteiger partial charge in [0.15, 0.2) is 0 Å². The second kappa shape index (κ2) is 9.36. The molecule has 182 valence electrons. The first-order valence-electron chi connectivity index (χ1n) is 11.8. The summed E-state index contributed by atoms with van der Waals surface area (Å²) in [5.41, 5.74) is 2.77. The van der Waals surface area contributed by atoms with E-state index in [0.717, 1.165) is 28.7 Å². The Morgan fingerprint density at radius 3 is 2.51 bits per heavy atom. The minimum absolute atomic E-state index is 0.0335. The van der Waals surface area contributed by atoms with E-state index < -0.39 is 0 Å². The van der Waals surface area contributed by atoms with Gasteiger partial charge in [-0.3, -0.25) is 14.2 Å². The van der Waals surface area contributed by atoms with Crippen LogP contribution in [0.3, 0.4) is 0 Å². The van der Waals surface area contributed by atoms with Crippen LogP contribution in [0.1, 0.15) is 17.8 Å². The van der Waals surface area contributed by atoms with E-state index in [9.17, 15) is 9.59 Å². The molecule has 0 spiro atoms. The number of benzene rings is 1. The van der Waals surface area contributed by atoms with Crippen LogP contribution in [0.2, 0.25) is 0 Å². The Hall–Kier alpha value is -3.95. The quantitative estimate of drug-likeness (QED) is 0.557. The third-order valence-electron chi connectivity index (χ3n) is 6.89. The molecule has 10 heteroatoms. The molecule has 2 saturated heterocycles. The maximum atomic E-state index is 13.2. The Morgan fingerprint density at radius 2 is 1.80 bits per heavy atom. The van der Waals surface area contributed by atoms with Crippen LogP contribution in [0, 0.1) is 19.8 Å². The van der Waals surface area contributed by atoms with Crippen LogP contribution in [-0.4, -0.2) is 76.1 Å². The van der Waals surface area contributed by atoms with E-state index in [-0.39, 0.29) is 24.2 Å². The van der Waals surface area contributed by atoms with Crippen molar-refractivity contribution in [3.63, 3.8) is 0 Å². The van der Waals surface area contributed by atoms with Crippen molar-refractivity contribution in [3.05, 3.63) is 54.4 Å². The molecule has 3 aromatic rings. The van der Waals surface area contributed by atoms with Crippen molar-refractivity contribution in [2.45, 2.75) is 20.3 Å². The molecule has 4 heterocycles. The fourth-order valence-corrected chi connectivity index (χ4v) is 4.69. The lowest BCUT2D eigenvalue weighted by Gasteiger charge is -2.36. The van der Waals surface area contributed by atoms with Gasteiger partial charge in [-0.2, -0.15) is 0 Å². The average Bonchev–Trinajstić information content (AvgIpc) is 3.45. The van der Waals surface area contributed by atoms with Crippen molar-refractivity contribution in [1.82, 2.24) is 24.4 Å². The van der Waals surface area contributed by atoms with Crippen LogP contribution in [-0.2, 0) is 9.59 Å². The lowest BCUT2D eigenvalue weighted by molar-refractivity contribution is -0.136. The summed E-state index contributed by atoms with van der Waals surface area (Å²) in [6.45, 7) is 6.89. The third kappa shape index (κ3) is 4.43. The molecule has 2 aliphatic rings. The summed E-state index contributed by atoms with van der Waals surface area (Å²) in [6, 6.07) is 9.34. The minimum atomic E-state index is -0.335. The van der Waals surface area contributed by atoms with E-state index in [2.05, 4.69) is 19.9 Å². The van der Waals surface area contributed by atoms with Gasteiger partial charge < -0.3 is 19.4 Å². The molecule has 0 N–H and O–H groups in total. The Balaban J connectivity index is 1.22. The molecular formula is C25H29N7O3. The number of rotatable bonds is 5. The van der Waals surface area contributed by atoms with Gasteiger partial charge in [0, 0.05) is 62.7 Å². The van der Waals surface area contributed by atoms with Crippen molar-refractivity contribution in [2.24, 2.45) is 5.92 Å². The van der Waals surface area contributed by atoms with Gasteiger partial charge in [0.2, 0.25) is 11.8 Å². The summed E-state index contributed by atoms with van der Waals surface area (Å²) in [7, 11) is 1.60. The topological polar surface area (TPSA) is 96.7 Å². The number of aromatic nitrogens is 4. The highest BCUT2D eigenvalue weighted by molar-refractivity contribution is 6.00. The first kappa shape index (κ1) is 22.8. The van der Waals surface area contributed by atoms with E-state index in [1.54, 1.807) is 24.7 Å². The van der Waals surface area contributed by atoms with E-state index in [1.165, 1.54) is 0 Å². The van der Waals surface area contributed by atoms with Crippen LogP contribution in [0.5, 0.6) is 5.75 Å². The molecular weight excluding hydrogens is 446 g/mol. The number of aryl methyl sites for hydroxylation is 1. The zero-order chi connectivity index (χ0) is 24.5. The van der Waals surface area contributed by atoms with Crippen LogP contribution in [0.4, 0.5) is 11.5 Å². The van der Waals surface area contributed by atoms with Crippen LogP contribution >= 0.6 is 0 Å². The summed E-state index contributed by atoms with van der Waals surface area (Å²) >= 11 is 0. The second-order valence-electron chi connectivity index (χ2n) is 8.94. The van der Waals surface area contributed by atoms with Gasteiger partial charge in [0.05, 0.1) is 18.7 Å². The number of methoxy groups -OCH3 is 1. The molecule has 0 bridgehead atoms. The molecule has 1 aromatic carbocycles. The van der Waals surface area contributed by atoms with Gasteiger partial charge in [-0.25, -0.2) is 15.0 Å². The zero-order valence-corrected chi connectivity index (χ0v) is 20.2. The van der Waals surface area contributed by atoms with Gasteiger partial charge in [-0.15, -0.1) is 0 Å². The molecule has 10 nitrogen and oxygen atoms in total. The standard InChI is InChI=1S/C25H29N7O3/c1-17-18(2)32(16-28-17)23-13-22(26-15-27-23)29-7-9-30(10-8-29)25(34)19-11-24(33)31(14-19)20-5-4-6-21(12-20)35-3/h4-6,12-13,15-16,19H,7-11,14H2,1-3H3. The van der Waals surface area contributed by atoms with Crippen molar-refractivity contribution in [3.8, 4) is 11.6 Å². The molecule has 0 radical (unpaired) electrons. The van der Waals surface area contributed by atoms with Gasteiger partial charge in [0.25, 0.3) is 0 Å². The fourth-order valence-electron chi connectivity index (χ4n) is 4.69. The van der Waals surface area contributed by atoms with Crippen LogP contribution in [0.25, 0.3) is 5.82 Å². The highest BCUT2D eigenvalue weighted by atomic mass is 16.5. The number of anilines is 2. The number of nitrogens with zero attached hydrogens (tertiary/aromatic N) is 7. The summed E-state index contributed by atoms with van der Waals surface area (Å²) in [5.74, 6) is 1.96. The van der Waals surface area contributed by atoms with E-state index in [4.69, 9.17) is 4.74 Å². The summed E-state index contributed by atoms with van der Waals surface area (Å²) in [4.78, 5) is 44.8. The maximum Gasteiger partial charge on any atom is 0.228 e. The Bertz CT molecular complexity index is 1250. The molecule has 35 heavy (non-hydrogen) atoms. The number of carbonyl (C=O) groups is 2. The molecule has 2 fully saturated rings. The Morgan fingerprint density at radius 1 is 1.03 bits per heavy atom. The molecule has 1 atom stereocenters. The Labute approximate surface area is 204 Å². The molecule has 2 aromatic heterocycles. The van der Waals surface area contributed by atoms with Gasteiger partial charge in [-0.05, 0) is 26.0 Å². The molecule has 0 saturated carbocycles. The number of ether oxygens (including phenoxy) is 1.